The average Bonchev–Trinajstić information content (AvgIpc) is 3.86. The van der Waals surface area contributed by atoms with Crippen molar-refractivity contribution in [3.63, 3.8) is 0 Å². The van der Waals surface area contributed by atoms with E-state index >= 15 is 0 Å². The summed E-state index contributed by atoms with van der Waals surface area (Å²) in [4.78, 5) is 44.4. The number of carbonyl (C=O) groups is 3. The van der Waals surface area contributed by atoms with Gasteiger partial charge in [-0.3, -0.25) is 14.6 Å². The van der Waals surface area contributed by atoms with E-state index in [0.29, 0.717) is 49.0 Å². The molecule has 1 aliphatic carbocycles. The number of aromatic nitrogens is 1. The Morgan fingerprint density at radius 3 is 1.95 bits per heavy atom. The number of benzene rings is 1. The molecule has 11 heteroatoms. The second kappa shape index (κ2) is 13.0. The molecule has 0 bridgehead atoms. The van der Waals surface area contributed by atoms with Crippen molar-refractivity contribution < 1.29 is 32.7 Å². The van der Waals surface area contributed by atoms with Crippen molar-refractivity contribution in [3.05, 3.63) is 65.0 Å². The predicted octanol–water partition coefficient (Wildman–Crippen LogP) is 6.19. The van der Waals surface area contributed by atoms with E-state index in [2.05, 4.69) is 31.8 Å². The summed E-state index contributed by atoms with van der Waals surface area (Å²) < 4.78 is 31.7. The number of rotatable bonds is 4. The van der Waals surface area contributed by atoms with Gasteiger partial charge in [0.2, 0.25) is 0 Å². The van der Waals surface area contributed by atoms with E-state index < -0.39 is 17.6 Å². The molecular weight excluding hydrogens is 573 g/mol. The zero-order chi connectivity index (χ0) is 32.3. The number of halogens is 3. The van der Waals surface area contributed by atoms with Crippen LogP contribution in [-0.4, -0.2) is 70.0 Å². The van der Waals surface area contributed by atoms with E-state index in [0.717, 1.165) is 49.9 Å². The summed E-state index contributed by atoms with van der Waals surface area (Å²) in [5.74, 6) is -1.88. The van der Waals surface area contributed by atoms with Gasteiger partial charge in [0.1, 0.15) is 5.69 Å². The van der Waals surface area contributed by atoms with Crippen molar-refractivity contribution >= 4 is 17.8 Å². The smallest absolute Gasteiger partial charge is 0.475 e. The normalized spacial score (nSPS) is 18.9. The first kappa shape index (κ1) is 33.0. The highest BCUT2D eigenvalue weighted by atomic mass is 19.4. The molecule has 2 aliphatic heterocycles. The molecule has 1 saturated carbocycles. The number of carbonyl (C=O) groups excluding carboxylic acids is 2. The third-order valence-corrected chi connectivity index (χ3v) is 9.10. The zero-order valence-corrected chi connectivity index (χ0v) is 25.4. The number of aliphatic carboxylic acids is 1. The number of hydrogen-bond donors (Lipinski definition) is 1. The maximum atomic E-state index is 13.7. The molecule has 0 unspecified atom stereocenters. The lowest BCUT2D eigenvalue weighted by Gasteiger charge is -2.39. The van der Waals surface area contributed by atoms with Crippen molar-refractivity contribution in [2.45, 2.75) is 76.8 Å². The molecule has 236 valence electrons. The van der Waals surface area contributed by atoms with Crippen molar-refractivity contribution in [3.8, 4) is 6.07 Å². The van der Waals surface area contributed by atoms with Crippen LogP contribution in [0.15, 0.2) is 42.6 Å². The molecule has 2 saturated heterocycles. The van der Waals surface area contributed by atoms with Gasteiger partial charge in [0.05, 0.1) is 11.5 Å². The van der Waals surface area contributed by atoms with E-state index in [4.69, 9.17) is 9.90 Å². The Morgan fingerprint density at radius 2 is 1.48 bits per heavy atom. The van der Waals surface area contributed by atoms with Gasteiger partial charge in [-0.15, -0.1) is 0 Å². The van der Waals surface area contributed by atoms with E-state index in [-0.39, 0.29) is 17.2 Å². The minimum Gasteiger partial charge on any atom is -0.475 e. The maximum Gasteiger partial charge on any atom is 0.490 e. The number of nitriles is 1. The van der Waals surface area contributed by atoms with Crippen LogP contribution in [0.25, 0.3) is 0 Å². The summed E-state index contributed by atoms with van der Waals surface area (Å²) in [6.45, 7) is 9.36. The molecule has 3 fully saturated rings. The fourth-order valence-electron chi connectivity index (χ4n) is 6.08. The van der Waals surface area contributed by atoms with Crippen molar-refractivity contribution in [1.82, 2.24) is 14.8 Å². The summed E-state index contributed by atoms with van der Waals surface area (Å²) in [6, 6.07) is 14.2. The molecule has 5 rings (SSSR count). The van der Waals surface area contributed by atoms with Crippen LogP contribution in [0.3, 0.4) is 0 Å². The third-order valence-electron chi connectivity index (χ3n) is 9.10. The largest absolute Gasteiger partial charge is 0.490 e. The van der Waals surface area contributed by atoms with Crippen LogP contribution >= 0.6 is 0 Å². The first-order valence-electron chi connectivity index (χ1n) is 15.0. The van der Waals surface area contributed by atoms with Gasteiger partial charge < -0.3 is 14.9 Å². The molecule has 3 aliphatic rings. The first-order valence-corrected chi connectivity index (χ1v) is 15.0. The quantitative estimate of drug-likeness (QED) is 0.441. The van der Waals surface area contributed by atoms with Crippen LogP contribution in [-0.2, 0) is 10.2 Å². The number of piperidine rings is 2. The highest BCUT2D eigenvalue weighted by Gasteiger charge is 2.40. The van der Waals surface area contributed by atoms with Crippen LogP contribution in [0.1, 0.15) is 97.2 Å². The van der Waals surface area contributed by atoms with Crippen molar-refractivity contribution in [2.24, 2.45) is 11.3 Å². The zero-order valence-electron chi connectivity index (χ0n) is 25.4. The number of likely N-dealkylation sites (tertiary alicyclic amines) is 2. The van der Waals surface area contributed by atoms with Crippen LogP contribution in [0.2, 0.25) is 0 Å². The van der Waals surface area contributed by atoms with Crippen LogP contribution in [0.4, 0.5) is 13.2 Å². The summed E-state index contributed by atoms with van der Waals surface area (Å²) in [7, 11) is 0. The maximum absolute atomic E-state index is 13.7. The Bertz CT molecular complexity index is 1390. The molecular formula is C33H39F3N4O4. The van der Waals surface area contributed by atoms with Gasteiger partial charge >= 0.3 is 12.1 Å². The molecule has 1 N–H and O–H groups in total. The molecule has 0 atom stereocenters. The van der Waals surface area contributed by atoms with E-state index in [1.807, 2.05) is 35.2 Å². The summed E-state index contributed by atoms with van der Waals surface area (Å²) in [5, 5.41) is 17.1. The number of nitrogens with zero attached hydrogens (tertiary/aromatic N) is 4. The second-order valence-corrected chi connectivity index (χ2v) is 13.0. The number of pyridine rings is 1. The lowest BCUT2D eigenvalue weighted by Crippen LogP contribution is -2.45. The van der Waals surface area contributed by atoms with E-state index in [9.17, 15) is 28.0 Å². The van der Waals surface area contributed by atoms with Crippen LogP contribution in [0, 0.1) is 22.7 Å². The van der Waals surface area contributed by atoms with Crippen molar-refractivity contribution in [2.75, 3.05) is 26.2 Å². The van der Waals surface area contributed by atoms with Gasteiger partial charge in [-0.05, 0) is 73.0 Å². The third kappa shape index (κ3) is 7.58. The van der Waals surface area contributed by atoms with E-state index in [1.165, 1.54) is 0 Å². The summed E-state index contributed by atoms with van der Waals surface area (Å²) >= 11 is 0. The number of alkyl halides is 3. The van der Waals surface area contributed by atoms with Crippen LogP contribution in [0.5, 0.6) is 0 Å². The monoisotopic (exact) mass is 612 g/mol. The topological polar surface area (TPSA) is 115 Å². The fraction of sp³-hybridized carbons (Fsp3) is 0.545. The fourth-order valence-corrected chi connectivity index (χ4v) is 6.08. The number of amides is 2. The Hall–Kier alpha value is -3.94. The molecule has 0 spiro atoms. The predicted molar refractivity (Wildman–Crippen MR) is 157 cm³/mol. The van der Waals surface area contributed by atoms with Crippen molar-refractivity contribution in [1.29, 1.82) is 5.26 Å². The standard InChI is InChI=1S/C31H38N4O2.C2HF3O2/c1-30(2,3)23-11-15-34(16-12-23)28(36)25-19-27(33-20-26(25)22-9-10-22)29(37)35-17-13-31(21-32,14-18-35)24-7-5-4-6-8-24;3-2(4,5)1(6)7/h4-8,19-20,22-23H,9-18H2,1-3H3;(H,6,7). The van der Waals surface area contributed by atoms with Gasteiger partial charge in [-0.25, -0.2) is 4.79 Å². The molecule has 8 nitrogen and oxygen atoms in total. The van der Waals surface area contributed by atoms with Gasteiger partial charge in [0.15, 0.2) is 0 Å². The number of carboxylic acids is 1. The second-order valence-electron chi connectivity index (χ2n) is 13.0. The average molecular weight is 613 g/mol. The lowest BCUT2D eigenvalue weighted by molar-refractivity contribution is -0.192. The first-order chi connectivity index (χ1) is 20.7. The summed E-state index contributed by atoms with van der Waals surface area (Å²) in [6.07, 6.45) is 2.04. The highest BCUT2D eigenvalue weighted by molar-refractivity contribution is 6.00. The molecule has 2 amide bonds. The van der Waals surface area contributed by atoms with Gasteiger partial charge in [-0.2, -0.15) is 18.4 Å². The van der Waals surface area contributed by atoms with Crippen LogP contribution < -0.4 is 0 Å². The lowest BCUT2D eigenvalue weighted by atomic mass is 9.74. The van der Waals surface area contributed by atoms with Gasteiger partial charge in [0.25, 0.3) is 11.8 Å². The number of hydrogen-bond acceptors (Lipinski definition) is 5. The molecule has 1 aromatic heterocycles. The van der Waals surface area contributed by atoms with E-state index in [1.54, 1.807) is 17.2 Å². The molecule has 1 aromatic carbocycles. The Balaban J connectivity index is 0.000000566. The molecule has 44 heavy (non-hydrogen) atoms. The molecule has 0 radical (unpaired) electrons. The Morgan fingerprint density at radius 1 is 0.932 bits per heavy atom. The Labute approximate surface area is 255 Å². The molecule has 3 heterocycles. The Kier molecular flexibility index (Phi) is 9.71. The van der Waals surface area contributed by atoms with Gasteiger partial charge in [-0.1, -0.05) is 51.1 Å². The summed E-state index contributed by atoms with van der Waals surface area (Å²) in [5.41, 5.74) is 2.68. The minimum atomic E-state index is -5.08. The highest BCUT2D eigenvalue weighted by Crippen LogP contribution is 2.42. The SMILES string of the molecule is CC(C)(C)C1CCN(C(=O)c2cc(C(=O)N3CCC(C#N)(c4ccccc4)CC3)ncc2C2CC2)CC1.O=C(O)C(F)(F)F. The molecule has 2 aromatic rings. The number of carboxylic acid groups (broad SMARTS) is 1. The van der Waals surface area contributed by atoms with Gasteiger partial charge in [0, 0.05) is 37.9 Å². The minimum absolute atomic E-state index is 0.0388.